The van der Waals surface area contributed by atoms with E-state index in [0.717, 1.165) is 34.3 Å². The number of hydrogen-bond donors (Lipinski definition) is 1. The van der Waals surface area contributed by atoms with E-state index in [1.807, 2.05) is 44.2 Å². The van der Waals surface area contributed by atoms with Crippen LogP contribution in [0.3, 0.4) is 0 Å². The summed E-state index contributed by atoms with van der Waals surface area (Å²) in [6, 6.07) is 16.6. The number of carbonyl (C=O) groups is 2. The van der Waals surface area contributed by atoms with Crippen LogP contribution in [0, 0.1) is 17.5 Å². The van der Waals surface area contributed by atoms with Gasteiger partial charge in [0.15, 0.2) is 11.6 Å². The van der Waals surface area contributed by atoms with Crippen molar-refractivity contribution in [3.8, 4) is 0 Å². The Bertz CT molecular complexity index is 1450. The fourth-order valence-corrected chi connectivity index (χ4v) is 5.38. The predicted molar refractivity (Wildman–Crippen MR) is 157 cm³/mol. The van der Waals surface area contributed by atoms with Crippen molar-refractivity contribution in [1.29, 1.82) is 0 Å². The van der Waals surface area contributed by atoms with Crippen molar-refractivity contribution in [2.75, 3.05) is 17.1 Å². The van der Waals surface area contributed by atoms with Crippen molar-refractivity contribution < 1.29 is 31.2 Å². The molecule has 0 heterocycles. The number of nitrogens with one attached hydrogen (secondary N) is 1. The first-order chi connectivity index (χ1) is 19.9. The zero-order chi connectivity index (χ0) is 30.9. The van der Waals surface area contributed by atoms with Crippen LogP contribution in [0.4, 0.5) is 18.9 Å². The molecule has 7 nitrogen and oxygen atoms in total. The fraction of sp³-hybridized carbons (Fsp3) is 0.355. The zero-order valence-corrected chi connectivity index (χ0v) is 24.7. The monoisotopic (exact) mass is 603 g/mol. The van der Waals surface area contributed by atoms with E-state index in [-0.39, 0.29) is 50.0 Å². The molecule has 0 aliphatic rings. The lowest BCUT2D eigenvalue weighted by Crippen LogP contribution is -2.52. The predicted octanol–water partition coefficient (Wildman–Crippen LogP) is 5.20. The molecule has 0 saturated heterocycles. The number of hydrogen-bond acceptors (Lipinski definition) is 4. The average molecular weight is 604 g/mol. The summed E-state index contributed by atoms with van der Waals surface area (Å²) >= 11 is 0. The number of benzene rings is 3. The van der Waals surface area contributed by atoms with Crippen LogP contribution in [0.1, 0.15) is 44.2 Å². The summed E-state index contributed by atoms with van der Waals surface area (Å²) in [6.07, 6.45) is 1.74. The Morgan fingerprint density at radius 3 is 2.17 bits per heavy atom. The Balaban J connectivity index is 1.89. The third-order valence-electron chi connectivity index (χ3n) is 6.88. The van der Waals surface area contributed by atoms with E-state index in [9.17, 15) is 31.2 Å². The molecule has 0 fully saturated rings. The fourth-order valence-electron chi connectivity index (χ4n) is 4.43. The van der Waals surface area contributed by atoms with Gasteiger partial charge in [0.05, 0.1) is 11.9 Å². The lowest BCUT2D eigenvalue weighted by Gasteiger charge is -2.32. The first-order valence-electron chi connectivity index (χ1n) is 13.7. The minimum absolute atomic E-state index is 0.0174. The van der Waals surface area contributed by atoms with Gasteiger partial charge in [-0.2, -0.15) is 0 Å². The number of sulfonamides is 1. The summed E-state index contributed by atoms with van der Waals surface area (Å²) in [5.41, 5.74) is 1.38. The molecule has 226 valence electrons. The van der Waals surface area contributed by atoms with Crippen molar-refractivity contribution in [3.63, 3.8) is 0 Å². The molecule has 2 atom stereocenters. The molecule has 0 unspecified atom stereocenters. The molecule has 0 bridgehead atoms. The molecular formula is C31H36F3N3O4S. The summed E-state index contributed by atoms with van der Waals surface area (Å²) < 4.78 is 66.8. The first-order valence-corrected chi connectivity index (χ1v) is 15.5. The standard InChI is InChI=1S/C31H36F3N3O4S/c1-4-22(2)35-31(39)29(19-23-9-6-5-7-10-23)36(21-24-12-14-25(32)15-13-24)30(38)11-8-18-37(42(3,40)41)26-16-17-27(33)28(34)20-26/h5-7,9-10,12-17,20,22,29H,4,8,11,18-19,21H2,1-3H3,(H,35,39)/t22-,29+/m0/s1. The molecule has 3 rings (SSSR count). The van der Waals surface area contributed by atoms with Gasteiger partial charge in [-0.05, 0) is 55.2 Å². The van der Waals surface area contributed by atoms with Gasteiger partial charge in [0, 0.05) is 38.0 Å². The summed E-state index contributed by atoms with van der Waals surface area (Å²) in [7, 11) is -3.89. The van der Waals surface area contributed by atoms with Gasteiger partial charge in [0.25, 0.3) is 0 Å². The molecule has 1 N–H and O–H groups in total. The van der Waals surface area contributed by atoms with Gasteiger partial charge in [0.1, 0.15) is 11.9 Å². The highest BCUT2D eigenvalue weighted by molar-refractivity contribution is 7.92. The molecule has 3 aromatic carbocycles. The van der Waals surface area contributed by atoms with Gasteiger partial charge in [-0.3, -0.25) is 13.9 Å². The number of rotatable bonds is 14. The van der Waals surface area contributed by atoms with Gasteiger partial charge in [0.2, 0.25) is 21.8 Å². The van der Waals surface area contributed by atoms with Gasteiger partial charge in [-0.25, -0.2) is 21.6 Å². The molecule has 0 saturated carbocycles. The lowest BCUT2D eigenvalue weighted by molar-refractivity contribution is -0.141. The lowest BCUT2D eigenvalue weighted by atomic mass is 10.0. The van der Waals surface area contributed by atoms with Crippen LogP contribution < -0.4 is 9.62 Å². The second-order valence-electron chi connectivity index (χ2n) is 10.2. The van der Waals surface area contributed by atoms with Crippen molar-refractivity contribution in [1.82, 2.24) is 10.2 Å². The molecule has 2 amide bonds. The Kier molecular flexibility index (Phi) is 11.6. The van der Waals surface area contributed by atoms with E-state index in [1.54, 1.807) is 0 Å². The molecule has 0 spiro atoms. The largest absolute Gasteiger partial charge is 0.352 e. The van der Waals surface area contributed by atoms with E-state index in [4.69, 9.17) is 0 Å². The van der Waals surface area contributed by atoms with Gasteiger partial charge in [-0.1, -0.05) is 49.4 Å². The highest BCUT2D eigenvalue weighted by Gasteiger charge is 2.31. The summed E-state index contributed by atoms with van der Waals surface area (Å²) in [6.45, 7) is 3.63. The molecule has 42 heavy (non-hydrogen) atoms. The van der Waals surface area contributed by atoms with Crippen molar-refractivity contribution in [2.45, 2.75) is 58.2 Å². The smallest absolute Gasteiger partial charge is 0.243 e. The molecule has 0 aliphatic carbocycles. The number of nitrogens with zero attached hydrogens (tertiary/aromatic N) is 2. The number of amides is 2. The number of halogens is 3. The van der Waals surface area contributed by atoms with Crippen LogP contribution in [0.2, 0.25) is 0 Å². The van der Waals surface area contributed by atoms with Crippen LogP contribution in [0.15, 0.2) is 72.8 Å². The molecule has 0 aliphatic heterocycles. The zero-order valence-electron chi connectivity index (χ0n) is 23.9. The molecule has 11 heteroatoms. The number of carbonyl (C=O) groups excluding carboxylic acids is 2. The molecule has 0 radical (unpaired) electrons. The Morgan fingerprint density at radius 1 is 0.905 bits per heavy atom. The third-order valence-corrected chi connectivity index (χ3v) is 8.08. The second kappa shape index (κ2) is 14.9. The van der Waals surface area contributed by atoms with Crippen LogP contribution >= 0.6 is 0 Å². The number of anilines is 1. The maximum atomic E-state index is 13.9. The average Bonchev–Trinajstić information content (AvgIpc) is 2.95. The second-order valence-corrected chi connectivity index (χ2v) is 12.1. The van der Waals surface area contributed by atoms with Crippen LogP contribution in [-0.2, 0) is 32.6 Å². The minimum atomic E-state index is -3.89. The summed E-state index contributed by atoms with van der Waals surface area (Å²) in [5, 5.41) is 2.96. The van der Waals surface area contributed by atoms with Crippen LogP contribution in [-0.4, -0.2) is 50.0 Å². The highest BCUT2D eigenvalue weighted by atomic mass is 32.2. The van der Waals surface area contributed by atoms with E-state index in [0.29, 0.717) is 12.0 Å². The molecular weight excluding hydrogens is 567 g/mol. The van der Waals surface area contributed by atoms with Gasteiger partial charge < -0.3 is 10.2 Å². The normalized spacial score (nSPS) is 12.8. The van der Waals surface area contributed by atoms with E-state index >= 15 is 0 Å². The quantitative estimate of drug-likeness (QED) is 0.274. The van der Waals surface area contributed by atoms with E-state index in [2.05, 4.69) is 5.32 Å². The molecule has 3 aromatic rings. The minimum Gasteiger partial charge on any atom is -0.352 e. The molecule has 0 aromatic heterocycles. The Morgan fingerprint density at radius 2 is 1.57 bits per heavy atom. The van der Waals surface area contributed by atoms with E-state index < -0.39 is 39.4 Å². The van der Waals surface area contributed by atoms with Crippen molar-refractivity contribution in [3.05, 3.63) is 101 Å². The van der Waals surface area contributed by atoms with Gasteiger partial charge >= 0.3 is 0 Å². The maximum absolute atomic E-state index is 13.9. The van der Waals surface area contributed by atoms with Crippen molar-refractivity contribution >= 4 is 27.5 Å². The SMILES string of the molecule is CC[C@H](C)NC(=O)[C@@H](Cc1ccccc1)N(Cc1ccc(F)cc1)C(=O)CCCN(c1ccc(F)c(F)c1)S(C)(=O)=O. The van der Waals surface area contributed by atoms with Gasteiger partial charge in [-0.15, -0.1) is 0 Å². The Labute approximate surface area is 245 Å². The summed E-state index contributed by atoms with van der Waals surface area (Å²) in [5.74, 6) is -3.51. The maximum Gasteiger partial charge on any atom is 0.243 e. The summed E-state index contributed by atoms with van der Waals surface area (Å²) in [4.78, 5) is 28.7. The van der Waals surface area contributed by atoms with Crippen molar-refractivity contribution in [2.24, 2.45) is 0 Å². The van der Waals surface area contributed by atoms with E-state index in [1.165, 1.54) is 29.2 Å². The van der Waals surface area contributed by atoms with Crippen LogP contribution in [0.25, 0.3) is 0 Å². The topological polar surface area (TPSA) is 86.8 Å². The first kappa shape index (κ1) is 32.7. The highest BCUT2D eigenvalue weighted by Crippen LogP contribution is 2.22. The van der Waals surface area contributed by atoms with Crippen LogP contribution in [0.5, 0.6) is 0 Å². The third kappa shape index (κ3) is 9.34. The Hall–Kier alpha value is -3.86.